The molecule has 3 saturated heterocycles. The lowest BCUT2D eigenvalue weighted by molar-refractivity contribution is -0.143. The van der Waals surface area contributed by atoms with Crippen LogP contribution in [0, 0.1) is 5.92 Å². The second-order valence-electron chi connectivity index (χ2n) is 8.69. The number of aliphatic carboxylic acids is 1. The molecular formula is C21H32N6O4. The lowest BCUT2D eigenvalue weighted by Crippen LogP contribution is -2.50. The summed E-state index contributed by atoms with van der Waals surface area (Å²) in [6.07, 6.45) is 5.16. The average molecular weight is 433 g/mol. The van der Waals surface area contributed by atoms with Crippen molar-refractivity contribution in [2.24, 2.45) is 5.92 Å². The summed E-state index contributed by atoms with van der Waals surface area (Å²) in [5, 5.41) is 9.24. The highest BCUT2D eigenvalue weighted by molar-refractivity contribution is 5.71. The number of carbonyl (C=O) groups is 2. The van der Waals surface area contributed by atoms with Crippen molar-refractivity contribution in [3.05, 3.63) is 12.3 Å². The third-order valence-corrected chi connectivity index (χ3v) is 6.95. The number of carbonyl (C=O) groups excluding carboxylic acids is 1. The first kappa shape index (κ1) is 21.6. The van der Waals surface area contributed by atoms with Gasteiger partial charge in [-0.15, -0.1) is 0 Å². The number of hydrogen-bond donors (Lipinski definition) is 2. The Kier molecular flexibility index (Phi) is 6.45. The SMILES string of the molecule is CCC(C1CN(C2CCN(c3ccnc(N)n3)CC2)C(=O)O1)N1CCC(C(=O)O)CC1. The highest BCUT2D eigenvalue weighted by atomic mass is 16.6. The van der Waals surface area contributed by atoms with Crippen molar-refractivity contribution in [2.75, 3.05) is 43.4 Å². The molecule has 0 aliphatic carbocycles. The van der Waals surface area contributed by atoms with Gasteiger partial charge in [0.05, 0.1) is 12.5 Å². The molecule has 4 rings (SSSR count). The lowest BCUT2D eigenvalue weighted by Gasteiger charge is -2.38. The number of carboxylic acids is 1. The van der Waals surface area contributed by atoms with Gasteiger partial charge in [-0.05, 0) is 51.3 Å². The van der Waals surface area contributed by atoms with Gasteiger partial charge in [-0.25, -0.2) is 9.78 Å². The molecule has 3 aliphatic heterocycles. The molecule has 1 aromatic heterocycles. The van der Waals surface area contributed by atoms with Crippen LogP contribution < -0.4 is 10.6 Å². The molecule has 0 aromatic carbocycles. The van der Waals surface area contributed by atoms with Gasteiger partial charge < -0.3 is 25.4 Å². The first-order valence-corrected chi connectivity index (χ1v) is 11.2. The van der Waals surface area contributed by atoms with Crippen LogP contribution in [0.3, 0.4) is 0 Å². The smallest absolute Gasteiger partial charge is 0.410 e. The molecule has 4 heterocycles. The zero-order chi connectivity index (χ0) is 22.0. The fourth-order valence-corrected chi connectivity index (χ4v) is 5.18. The zero-order valence-corrected chi connectivity index (χ0v) is 18.0. The minimum absolute atomic E-state index is 0.132. The Bertz CT molecular complexity index is 792. The maximum atomic E-state index is 12.7. The fraction of sp³-hybridized carbons (Fsp3) is 0.714. The van der Waals surface area contributed by atoms with Gasteiger partial charge in [0.15, 0.2) is 0 Å². The van der Waals surface area contributed by atoms with Gasteiger partial charge >= 0.3 is 12.1 Å². The van der Waals surface area contributed by atoms with E-state index in [1.165, 1.54) is 0 Å². The van der Waals surface area contributed by atoms with Crippen LogP contribution in [0.4, 0.5) is 16.6 Å². The molecule has 2 atom stereocenters. The van der Waals surface area contributed by atoms with E-state index >= 15 is 0 Å². The van der Waals surface area contributed by atoms with E-state index in [0.29, 0.717) is 19.4 Å². The number of piperidine rings is 2. The van der Waals surface area contributed by atoms with Gasteiger partial charge in [0.2, 0.25) is 5.95 Å². The minimum atomic E-state index is -0.706. The summed E-state index contributed by atoms with van der Waals surface area (Å²) in [5.41, 5.74) is 5.70. The summed E-state index contributed by atoms with van der Waals surface area (Å²) in [6, 6.07) is 2.15. The third kappa shape index (κ3) is 4.68. The Labute approximate surface area is 182 Å². The number of amides is 1. The lowest BCUT2D eigenvalue weighted by atomic mass is 9.94. The van der Waals surface area contributed by atoms with E-state index in [1.807, 2.05) is 11.0 Å². The number of rotatable bonds is 6. The van der Waals surface area contributed by atoms with E-state index in [2.05, 4.69) is 26.7 Å². The molecule has 3 fully saturated rings. The summed E-state index contributed by atoms with van der Waals surface area (Å²) in [7, 11) is 0. The Balaban J connectivity index is 1.32. The quantitative estimate of drug-likeness (QED) is 0.686. The van der Waals surface area contributed by atoms with Crippen molar-refractivity contribution in [2.45, 2.75) is 57.2 Å². The number of nitrogens with two attached hydrogens (primary N) is 1. The zero-order valence-electron chi connectivity index (χ0n) is 18.0. The molecule has 0 bridgehead atoms. The van der Waals surface area contributed by atoms with Crippen LogP contribution >= 0.6 is 0 Å². The summed E-state index contributed by atoms with van der Waals surface area (Å²) in [5.74, 6) is 0.126. The topological polar surface area (TPSA) is 125 Å². The number of nitrogens with zero attached hydrogens (tertiary/aromatic N) is 5. The predicted octanol–water partition coefficient (Wildman–Crippen LogP) is 1.42. The van der Waals surface area contributed by atoms with Crippen LogP contribution in [0.25, 0.3) is 0 Å². The molecule has 10 heteroatoms. The molecule has 170 valence electrons. The van der Waals surface area contributed by atoms with Crippen molar-refractivity contribution in [1.29, 1.82) is 0 Å². The summed E-state index contributed by atoms with van der Waals surface area (Å²) < 4.78 is 5.81. The number of likely N-dealkylation sites (tertiary alicyclic amines) is 1. The molecule has 0 radical (unpaired) electrons. The van der Waals surface area contributed by atoms with Gasteiger partial charge in [0, 0.05) is 31.4 Å². The van der Waals surface area contributed by atoms with Crippen molar-refractivity contribution in [3.63, 3.8) is 0 Å². The fourth-order valence-electron chi connectivity index (χ4n) is 5.18. The molecular weight excluding hydrogens is 400 g/mol. The number of cyclic esters (lactones) is 1. The molecule has 3 aliphatic rings. The van der Waals surface area contributed by atoms with E-state index < -0.39 is 5.97 Å². The van der Waals surface area contributed by atoms with Gasteiger partial charge in [-0.3, -0.25) is 9.69 Å². The Morgan fingerprint density at radius 2 is 1.97 bits per heavy atom. The van der Waals surface area contributed by atoms with Gasteiger partial charge in [0.1, 0.15) is 11.9 Å². The van der Waals surface area contributed by atoms with Crippen LogP contribution in [0.5, 0.6) is 0 Å². The summed E-state index contributed by atoms with van der Waals surface area (Å²) in [4.78, 5) is 38.5. The van der Waals surface area contributed by atoms with Gasteiger partial charge in [-0.2, -0.15) is 4.98 Å². The van der Waals surface area contributed by atoms with Crippen LogP contribution in [-0.2, 0) is 9.53 Å². The highest BCUT2D eigenvalue weighted by Gasteiger charge is 2.42. The number of carboxylic acid groups (broad SMARTS) is 1. The minimum Gasteiger partial charge on any atom is -0.481 e. The predicted molar refractivity (Wildman–Crippen MR) is 115 cm³/mol. The first-order valence-electron chi connectivity index (χ1n) is 11.2. The Hall–Kier alpha value is -2.62. The second kappa shape index (κ2) is 9.25. The Morgan fingerprint density at radius 1 is 1.26 bits per heavy atom. The van der Waals surface area contributed by atoms with Crippen molar-refractivity contribution < 1.29 is 19.4 Å². The number of aromatic nitrogens is 2. The van der Waals surface area contributed by atoms with E-state index in [1.54, 1.807) is 6.20 Å². The number of anilines is 2. The van der Waals surface area contributed by atoms with E-state index in [-0.39, 0.29) is 36.1 Å². The van der Waals surface area contributed by atoms with Crippen molar-refractivity contribution >= 4 is 23.8 Å². The summed E-state index contributed by atoms with van der Waals surface area (Å²) in [6.45, 7) is 5.79. The third-order valence-electron chi connectivity index (χ3n) is 6.95. The van der Waals surface area contributed by atoms with E-state index in [4.69, 9.17) is 10.5 Å². The molecule has 0 saturated carbocycles. The summed E-state index contributed by atoms with van der Waals surface area (Å²) >= 11 is 0. The molecule has 10 nitrogen and oxygen atoms in total. The number of hydrogen-bond acceptors (Lipinski definition) is 8. The Morgan fingerprint density at radius 3 is 2.58 bits per heavy atom. The second-order valence-corrected chi connectivity index (χ2v) is 8.69. The van der Waals surface area contributed by atoms with Crippen LogP contribution in [0.2, 0.25) is 0 Å². The van der Waals surface area contributed by atoms with Gasteiger partial charge in [0.25, 0.3) is 0 Å². The van der Waals surface area contributed by atoms with E-state index in [9.17, 15) is 14.7 Å². The highest BCUT2D eigenvalue weighted by Crippen LogP contribution is 2.29. The molecule has 2 unspecified atom stereocenters. The van der Waals surface area contributed by atoms with Crippen LogP contribution in [-0.4, -0.2) is 87.8 Å². The van der Waals surface area contributed by atoms with Crippen LogP contribution in [0.15, 0.2) is 12.3 Å². The maximum absolute atomic E-state index is 12.7. The first-order chi connectivity index (χ1) is 15.0. The molecule has 0 spiro atoms. The normalized spacial score (nSPS) is 24.9. The maximum Gasteiger partial charge on any atom is 0.410 e. The van der Waals surface area contributed by atoms with Gasteiger partial charge in [-0.1, -0.05) is 6.92 Å². The number of nitrogen functional groups attached to an aromatic ring is 1. The average Bonchev–Trinajstić information content (AvgIpc) is 3.16. The van der Waals surface area contributed by atoms with Crippen molar-refractivity contribution in [3.8, 4) is 0 Å². The largest absolute Gasteiger partial charge is 0.481 e. The monoisotopic (exact) mass is 432 g/mol. The molecule has 1 aromatic rings. The molecule has 3 N–H and O–H groups in total. The standard InChI is InChI=1S/C21H32N6O4/c1-2-16(25-9-4-14(5-10-25)19(28)29)17-13-27(21(30)31-17)15-6-11-26(12-7-15)18-3-8-23-20(22)24-18/h3,8,14-17H,2,4-7,9-13H2,1H3,(H,28,29)(H2,22,23,24). The van der Waals surface area contributed by atoms with Crippen LogP contribution in [0.1, 0.15) is 39.0 Å². The van der Waals surface area contributed by atoms with E-state index in [0.717, 1.165) is 51.3 Å². The molecule has 1 amide bonds. The van der Waals surface area contributed by atoms with Crippen molar-refractivity contribution in [1.82, 2.24) is 19.8 Å². The molecule has 31 heavy (non-hydrogen) atoms. The number of ether oxygens (including phenoxy) is 1.